The summed E-state index contributed by atoms with van der Waals surface area (Å²) in [5.74, 6) is 0.921. The number of nitrogens with one attached hydrogen (secondary N) is 1. The molecule has 1 unspecified atom stereocenters. The van der Waals surface area contributed by atoms with E-state index in [2.05, 4.69) is 27.5 Å². The molecule has 1 aromatic heterocycles. The molecule has 0 radical (unpaired) electrons. The van der Waals surface area contributed by atoms with Crippen LogP contribution in [0.1, 0.15) is 44.1 Å². The van der Waals surface area contributed by atoms with Crippen molar-refractivity contribution in [2.24, 2.45) is 5.92 Å². The quantitative estimate of drug-likeness (QED) is 0.901. The molecule has 19 heavy (non-hydrogen) atoms. The zero-order chi connectivity index (χ0) is 13.1. The number of anilines is 1. The lowest BCUT2D eigenvalue weighted by atomic mass is 9.95. The third-order valence-electron chi connectivity index (χ3n) is 4.81. The van der Waals surface area contributed by atoms with Gasteiger partial charge in [0.05, 0.1) is 11.9 Å². The molecule has 0 aromatic carbocycles. The highest BCUT2D eigenvalue weighted by Gasteiger charge is 2.34. The molecule has 1 aromatic rings. The van der Waals surface area contributed by atoms with Gasteiger partial charge in [0.1, 0.15) is 0 Å². The van der Waals surface area contributed by atoms with Gasteiger partial charge in [0.25, 0.3) is 0 Å². The summed E-state index contributed by atoms with van der Waals surface area (Å²) >= 11 is 0. The number of hydrogen-bond donors (Lipinski definition) is 1. The van der Waals surface area contributed by atoms with Crippen LogP contribution in [0.25, 0.3) is 0 Å². The normalized spacial score (nSPS) is 24.3. The first-order valence-electron chi connectivity index (χ1n) is 7.74. The highest BCUT2D eigenvalue weighted by Crippen LogP contribution is 2.38. The summed E-state index contributed by atoms with van der Waals surface area (Å²) in [6, 6.07) is 2.93. The molecule has 0 spiro atoms. The van der Waals surface area contributed by atoms with Crippen molar-refractivity contribution in [2.45, 2.75) is 51.1 Å². The molecule has 3 heteroatoms. The second-order valence-corrected chi connectivity index (χ2v) is 5.98. The van der Waals surface area contributed by atoms with Crippen molar-refractivity contribution in [3.8, 4) is 0 Å². The van der Waals surface area contributed by atoms with Gasteiger partial charge in [0.15, 0.2) is 0 Å². The van der Waals surface area contributed by atoms with E-state index in [0.717, 1.165) is 18.5 Å². The average Bonchev–Trinajstić information content (AvgIpc) is 3.10. The molecule has 1 saturated heterocycles. The van der Waals surface area contributed by atoms with Crippen molar-refractivity contribution in [1.82, 2.24) is 10.3 Å². The van der Waals surface area contributed by atoms with Crippen molar-refractivity contribution in [1.29, 1.82) is 0 Å². The SMILES string of the molecule is CNCc1ccncc1N1CCCC1C1CCCC1. The van der Waals surface area contributed by atoms with Crippen LogP contribution in [0.5, 0.6) is 0 Å². The average molecular weight is 259 g/mol. The van der Waals surface area contributed by atoms with E-state index in [-0.39, 0.29) is 0 Å². The topological polar surface area (TPSA) is 28.2 Å². The largest absolute Gasteiger partial charge is 0.367 e. The monoisotopic (exact) mass is 259 g/mol. The third-order valence-corrected chi connectivity index (χ3v) is 4.81. The highest BCUT2D eigenvalue weighted by atomic mass is 15.2. The molecule has 1 saturated carbocycles. The van der Waals surface area contributed by atoms with E-state index < -0.39 is 0 Å². The molecule has 0 amide bonds. The van der Waals surface area contributed by atoms with Gasteiger partial charge >= 0.3 is 0 Å². The van der Waals surface area contributed by atoms with Crippen LogP contribution < -0.4 is 10.2 Å². The minimum absolute atomic E-state index is 0.766. The summed E-state index contributed by atoms with van der Waals surface area (Å²) in [5, 5.41) is 3.28. The van der Waals surface area contributed by atoms with Gasteiger partial charge in [-0.05, 0) is 50.3 Å². The molecule has 0 bridgehead atoms. The first-order valence-corrected chi connectivity index (χ1v) is 7.74. The predicted octanol–water partition coefficient (Wildman–Crippen LogP) is 2.96. The lowest BCUT2D eigenvalue weighted by Crippen LogP contribution is -2.35. The van der Waals surface area contributed by atoms with Gasteiger partial charge in [0.2, 0.25) is 0 Å². The summed E-state index contributed by atoms with van der Waals surface area (Å²) in [6.45, 7) is 2.15. The van der Waals surface area contributed by atoms with Gasteiger partial charge < -0.3 is 10.2 Å². The van der Waals surface area contributed by atoms with E-state index in [1.807, 2.05) is 13.2 Å². The maximum Gasteiger partial charge on any atom is 0.0600 e. The van der Waals surface area contributed by atoms with E-state index in [1.165, 1.54) is 56.3 Å². The Kier molecular flexibility index (Phi) is 4.02. The van der Waals surface area contributed by atoms with E-state index in [4.69, 9.17) is 0 Å². The van der Waals surface area contributed by atoms with E-state index >= 15 is 0 Å². The zero-order valence-corrected chi connectivity index (χ0v) is 11.9. The van der Waals surface area contributed by atoms with Crippen LogP contribution in [0, 0.1) is 5.92 Å². The highest BCUT2D eigenvalue weighted by molar-refractivity contribution is 5.53. The van der Waals surface area contributed by atoms with Gasteiger partial charge in [-0.25, -0.2) is 0 Å². The third kappa shape index (κ3) is 2.62. The van der Waals surface area contributed by atoms with Crippen molar-refractivity contribution in [2.75, 3.05) is 18.5 Å². The fourth-order valence-electron chi connectivity index (χ4n) is 3.94. The number of hydrogen-bond acceptors (Lipinski definition) is 3. The Morgan fingerprint density at radius 2 is 2.11 bits per heavy atom. The van der Waals surface area contributed by atoms with Crippen LogP contribution in [0.15, 0.2) is 18.5 Å². The van der Waals surface area contributed by atoms with E-state index in [9.17, 15) is 0 Å². The number of nitrogens with zero attached hydrogens (tertiary/aromatic N) is 2. The van der Waals surface area contributed by atoms with Crippen LogP contribution in [0.2, 0.25) is 0 Å². The van der Waals surface area contributed by atoms with Gasteiger partial charge in [-0.1, -0.05) is 12.8 Å². The van der Waals surface area contributed by atoms with Crippen LogP contribution in [-0.4, -0.2) is 24.6 Å². The molecule has 1 atom stereocenters. The van der Waals surface area contributed by atoms with E-state index in [1.54, 1.807) is 0 Å². The molecule has 1 aliphatic heterocycles. The molecule has 2 fully saturated rings. The molecule has 1 N–H and O–H groups in total. The van der Waals surface area contributed by atoms with E-state index in [0.29, 0.717) is 0 Å². The Morgan fingerprint density at radius 3 is 2.89 bits per heavy atom. The standard InChI is InChI=1S/C16H25N3/c1-17-11-14-8-9-18-12-16(14)19-10-4-7-15(19)13-5-2-3-6-13/h8-9,12-13,15,17H,2-7,10-11H2,1H3. The molecular formula is C16H25N3. The first-order chi connectivity index (χ1) is 9.40. The molecule has 3 rings (SSSR count). The van der Waals surface area contributed by atoms with Crippen LogP contribution >= 0.6 is 0 Å². The first kappa shape index (κ1) is 12.9. The van der Waals surface area contributed by atoms with Gasteiger partial charge in [-0.2, -0.15) is 0 Å². The Bertz CT molecular complexity index is 412. The lowest BCUT2D eigenvalue weighted by molar-refractivity contribution is 0.430. The van der Waals surface area contributed by atoms with Gasteiger partial charge in [-0.15, -0.1) is 0 Å². The molecular weight excluding hydrogens is 234 g/mol. The van der Waals surface area contributed by atoms with Crippen molar-refractivity contribution in [3.63, 3.8) is 0 Å². The number of rotatable bonds is 4. The predicted molar refractivity (Wildman–Crippen MR) is 79.3 cm³/mol. The molecule has 1 aliphatic carbocycles. The van der Waals surface area contributed by atoms with Gasteiger partial charge in [-0.3, -0.25) is 4.98 Å². The van der Waals surface area contributed by atoms with Crippen LogP contribution in [0.3, 0.4) is 0 Å². The summed E-state index contributed by atoms with van der Waals surface area (Å²) in [5.41, 5.74) is 2.76. The maximum atomic E-state index is 4.36. The van der Waals surface area contributed by atoms with Crippen molar-refractivity contribution < 1.29 is 0 Å². The molecule has 3 nitrogen and oxygen atoms in total. The fraction of sp³-hybridized carbons (Fsp3) is 0.688. The van der Waals surface area contributed by atoms with Crippen LogP contribution in [-0.2, 0) is 6.54 Å². The Morgan fingerprint density at radius 1 is 1.26 bits per heavy atom. The smallest absolute Gasteiger partial charge is 0.0600 e. The summed E-state index contributed by atoms with van der Waals surface area (Å²) < 4.78 is 0. The zero-order valence-electron chi connectivity index (χ0n) is 11.9. The summed E-state index contributed by atoms with van der Waals surface area (Å²) in [6.07, 6.45) is 12.4. The second-order valence-electron chi connectivity index (χ2n) is 5.98. The summed E-state index contributed by atoms with van der Waals surface area (Å²) in [7, 11) is 2.02. The molecule has 2 aliphatic rings. The maximum absolute atomic E-state index is 4.36. The Balaban J connectivity index is 1.83. The van der Waals surface area contributed by atoms with Crippen molar-refractivity contribution >= 4 is 5.69 Å². The fourth-order valence-corrected chi connectivity index (χ4v) is 3.94. The number of aromatic nitrogens is 1. The minimum Gasteiger partial charge on any atom is -0.367 e. The summed E-state index contributed by atoms with van der Waals surface area (Å²) in [4.78, 5) is 7.01. The Hall–Kier alpha value is -1.09. The second kappa shape index (κ2) is 5.91. The van der Waals surface area contributed by atoms with Crippen LogP contribution in [0.4, 0.5) is 5.69 Å². The van der Waals surface area contributed by atoms with Gasteiger partial charge in [0, 0.05) is 25.3 Å². The molecule has 2 heterocycles. The minimum atomic E-state index is 0.766. The van der Waals surface area contributed by atoms with Crippen molar-refractivity contribution in [3.05, 3.63) is 24.0 Å². The lowest BCUT2D eigenvalue weighted by Gasteiger charge is -2.32. The Labute approximate surface area is 116 Å². The number of pyridine rings is 1. The molecule has 104 valence electrons.